The predicted molar refractivity (Wildman–Crippen MR) is 77.8 cm³/mol. The third-order valence-corrected chi connectivity index (χ3v) is 3.52. The molecule has 0 radical (unpaired) electrons. The molecule has 0 unspecified atom stereocenters. The summed E-state index contributed by atoms with van der Waals surface area (Å²) in [5.41, 5.74) is 1.05. The van der Waals surface area contributed by atoms with Gasteiger partial charge in [0.2, 0.25) is 10.0 Å². The largest absolute Gasteiger partial charge is 0.443 e. The van der Waals surface area contributed by atoms with E-state index in [4.69, 9.17) is 4.74 Å². The molecule has 1 aromatic carbocycles. The van der Waals surface area contributed by atoms with E-state index in [2.05, 4.69) is 0 Å². The van der Waals surface area contributed by atoms with Crippen molar-refractivity contribution in [3.63, 3.8) is 0 Å². The number of hydrogen-bond donors (Lipinski definition) is 0. The highest BCUT2D eigenvalue weighted by Gasteiger charge is 2.28. The van der Waals surface area contributed by atoms with Gasteiger partial charge in [-0.1, -0.05) is 29.8 Å². The van der Waals surface area contributed by atoms with Gasteiger partial charge in [0, 0.05) is 0 Å². The second-order valence-corrected chi connectivity index (χ2v) is 7.64. The number of amides is 1. The fourth-order valence-electron chi connectivity index (χ4n) is 1.49. The molecule has 6 heteroatoms. The van der Waals surface area contributed by atoms with Crippen molar-refractivity contribution < 1.29 is 17.9 Å². The first-order valence-corrected chi connectivity index (χ1v) is 8.10. The smallest absolute Gasteiger partial charge is 0.424 e. The molecule has 0 heterocycles. The first-order valence-electron chi connectivity index (χ1n) is 6.25. The summed E-state index contributed by atoms with van der Waals surface area (Å²) < 4.78 is 29.4. The number of benzene rings is 1. The number of ether oxygens (including phenoxy) is 1. The van der Waals surface area contributed by atoms with Gasteiger partial charge >= 0.3 is 6.09 Å². The molecule has 0 N–H and O–H groups in total. The third kappa shape index (κ3) is 5.21. The maximum atomic E-state index is 12.0. The van der Waals surface area contributed by atoms with Crippen LogP contribution in [0.3, 0.4) is 0 Å². The van der Waals surface area contributed by atoms with Crippen LogP contribution in [0.25, 0.3) is 0 Å². The average Bonchev–Trinajstić information content (AvgIpc) is 2.24. The number of carbonyl (C=O) groups is 1. The van der Waals surface area contributed by atoms with Crippen molar-refractivity contribution in [3.8, 4) is 0 Å². The lowest BCUT2D eigenvalue weighted by Gasteiger charge is -2.26. The van der Waals surface area contributed by atoms with E-state index in [9.17, 15) is 13.2 Å². The standard InChI is InChI=1S/C14H21NO4S/c1-11-6-8-12(9-7-11)10-15(20(5,17)18)13(16)19-14(2,3)4/h6-9H,10H2,1-5H3. The van der Waals surface area contributed by atoms with Crippen molar-refractivity contribution in [2.24, 2.45) is 0 Å². The monoisotopic (exact) mass is 299 g/mol. The lowest BCUT2D eigenvalue weighted by atomic mass is 10.1. The van der Waals surface area contributed by atoms with Crippen LogP contribution < -0.4 is 0 Å². The fourth-order valence-corrected chi connectivity index (χ4v) is 2.18. The van der Waals surface area contributed by atoms with Gasteiger partial charge in [-0.2, -0.15) is 0 Å². The SMILES string of the molecule is Cc1ccc(CN(C(=O)OC(C)(C)C)S(C)(=O)=O)cc1. The summed E-state index contributed by atoms with van der Waals surface area (Å²) in [5.74, 6) is 0. The number of sulfonamides is 1. The molecular formula is C14H21NO4S. The van der Waals surface area contributed by atoms with Crippen LogP contribution in [0.2, 0.25) is 0 Å². The molecule has 0 atom stereocenters. The lowest BCUT2D eigenvalue weighted by Crippen LogP contribution is -2.39. The van der Waals surface area contributed by atoms with Gasteiger partial charge in [0.15, 0.2) is 0 Å². The van der Waals surface area contributed by atoms with E-state index in [-0.39, 0.29) is 6.54 Å². The first kappa shape index (κ1) is 16.5. The molecule has 0 aliphatic heterocycles. The van der Waals surface area contributed by atoms with Crippen molar-refractivity contribution in [1.29, 1.82) is 0 Å². The van der Waals surface area contributed by atoms with E-state index >= 15 is 0 Å². The highest BCUT2D eigenvalue weighted by molar-refractivity contribution is 7.88. The Hall–Kier alpha value is -1.56. The summed E-state index contributed by atoms with van der Waals surface area (Å²) in [6.07, 6.45) is 0.131. The van der Waals surface area contributed by atoms with Crippen molar-refractivity contribution in [2.45, 2.75) is 39.8 Å². The van der Waals surface area contributed by atoms with Gasteiger partial charge < -0.3 is 4.74 Å². The molecule has 0 saturated carbocycles. The van der Waals surface area contributed by atoms with Crippen LogP contribution in [-0.2, 0) is 21.3 Å². The van der Waals surface area contributed by atoms with Crippen LogP contribution >= 0.6 is 0 Å². The van der Waals surface area contributed by atoms with Crippen molar-refractivity contribution in [1.82, 2.24) is 4.31 Å². The normalized spacial score (nSPS) is 12.1. The zero-order valence-corrected chi connectivity index (χ0v) is 13.3. The molecule has 20 heavy (non-hydrogen) atoms. The predicted octanol–water partition coefficient (Wildman–Crippen LogP) is 2.69. The molecule has 0 spiro atoms. The van der Waals surface area contributed by atoms with Gasteiger partial charge in [-0.25, -0.2) is 17.5 Å². The molecule has 5 nitrogen and oxygen atoms in total. The summed E-state index contributed by atoms with van der Waals surface area (Å²) in [6.45, 7) is 6.98. The Morgan fingerprint density at radius 1 is 1.20 bits per heavy atom. The minimum Gasteiger partial charge on any atom is -0.443 e. The molecule has 0 aliphatic rings. The van der Waals surface area contributed by atoms with E-state index in [1.54, 1.807) is 32.9 Å². The summed E-state index contributed by atoms with van der Waals surface area (Å²) in [7, 11) is -3.69. The Morgan fingerprint density at radius 3 is 2.10 bits per heavy atom. The topological polar surface area (TPSA) is 63.7 Å². The summed E-state index contributed by atoms with van der Waals surface area (Å²) in [5, 5.41) is 0. The van der Waals surface area contributed by atoms with Crippen LogP contribution in [0, 0.1) is 6.92 Å². The van der Waals surface area contributed by atoms with Crippen molar-refractivity contribution in [2.75, 3.05) is 6.26 Å². The summed E-state index contributed by atoms with van der Waals surface area (Å²) in [4.78, 5) is 12.0. The Morgan fingerprint density at radius 2 is 1.70 bits per heavy atom. The minimum absolute atomic E-state index is 0.0337. The van der Waals surface area contributed by atoms with E-state index < -0.39 is 21.7 Å². The average molecular weight is 299 g/mol. The number of aryl methyl sites for hydroxylation is 1. The molecule has 112 valence electrons. The van der Waals surface area contributed by atoms with Gasteiger partial charge in [-0.05, 0) is 33.3 Å². The second kappa shape index (κ2) is 5.83. The first-order chi connectivity index (χ1) is 8.99. The highest BCUT2D eigenvalue weighted by Crippen LogP contribution is 2.15. The van der Waals surface area contributed by atoms with Crippen molar-refractivity contribution in [3.05, 3.63) is 35.4 Å². The van der Waals surface area contributed by atoms with Crippen LogP contribution in [0.5, 0.6) is 0 Å². The molecule has 0 fully saturated rings. The van der Waals surface area contributed by atoms with Crippen molar-refractivity contribution >= 4 is 16.1 Å². The lowest BCUT2D eigenvalue weighted by molar-refractivity contribution is 0.0382. The fraction of sp³-hybridized carbons (Fsp3) is 0.500. The molecule has 0 aromatic heterocycles. The maximum absolute atomic E-state index is 12.0. The molecule has 0 saturated heterocycles. The third-order valence-electron chi connectivity index (χ3n) is 2.44. The quantitative estimate of drug-likeness (QED) is 0.861. The Balaban J connectivity index is 2.97. The van der Waals surface area contributed by atoms with Gasteiger partial charge in [-0.3, -0.25) is 0 Å². The van der Waals surface area contributed by atoms with Gasteiger partial charge in [0.05, 0.1) is 12.8 Å². The van der Waals surface area contributed by atoms with Crippen LogP contribution in [-0.4, -0.2) is 30.7 Å². The number of rotatable bonds is 3. The van der Waals surface area contributed by atoms with E-state index in [0.717, 1.165) is 21.7 Å². The van der Waals surface area contributed by atoms with Gasteiger partial charge in [0.1, 0.15) is 5.60 Å². The zero-order valence-electron chi connectivity index (χ0n) is 12.5. The summed E-state index contributed by atoms with van der Waals surface area (Å²) in [6, 6.07) is 7.31. The van der Waals surface area contributed by atoms with E-state index in [0.29, 0.717) is 0 Å². The van der Waals surface area contributed by atoms with Crippen LogP contribution in [0.4, 0.5) is 4.79 Å². The molecule has 0 aliphatic carbocycles. The summed E-state index contributed by atoms with van der Waals surface area (Å²) >= 11 is 0. The molecule has 1 amide bonds. The van der Waals surface area contributed by atoms with E-state index in [1.807, 2.05) is 19.1 Å². The molecular weight excluding hydrogens is 278 g/mol. The maximum Gasteiger partial charge on any atom is 0.424 e. The van der Waals surface area contributed by atoms with Crippen LogP contribution in [0.15, 0.2) is 24.3 Å². The van der Waals surface area contributed by atoms with Gasteiger partial charge in [0.25, 0.3) is 0 Å². The zero-order chi connectivity index (χ0) is 15.6. The molecule has 0 bridgehead atoms. The van der Waals surface area contributed by atoms with Gasteiger partial charge in [-0.15, -0.1) is 0 Å². The number of nitrogens with zero attached hydrogens (tertiary/aromatic N) is 1. The number of carbonyl (C=O) groups excluding carboxylic acids is 1. The second-order valence-electron chi connectivity index (χ2n) is 5.74. The molecule has 1 aromatic rings. The minimum atomic E-state index is -3.69. The van der Waals surface area contributed by atoms with E-state index in [1.165, 1.54) is 0 Å². The Bertz CT molecular complexity index is 570. The number of hydrogen-bond acceptors (Lipinski definition) is 4. The molecule has 1 rings (SSSR count). The Kier molecular flexibility index (Phi) is 4.81. The highest BCUT2D eigenvalue weighted by atomic mass is 32.2. The van der Waals surface area contributed by atoms with Crippen LogP contribution in [0.1, 0.15) is 31.9 Å². The Labute approximate surface area is 120 Å².